The van der Waals surface area contributed by atoms with Crippen molar-refractivity contribution in [1.82, 2.24) is 10.2 Å². The zero-order valence-corrected chi connectivity index (χ0v) is 12.2. The van der Waals surface area contributed by atoms with E-state index in [2.05, 4.69) is 17.1 Å². The van der Waals surface area contributed by atoms with E-state index in [1.54, 1.807) is 0 Å². The molecule has 0 radical (unpaired) electrons. The van der Waals surface area contributed by atoms with Crippen molar-refractivity contribution in [2.24, 2.45) is 5.92 Å². The number of hydrogen-bond acceptors (Lipinski definition) is 2. The summed E-state index contributed by atoms with van der Waals surface area (Å²) in [5.41, 5.74) is 0. The Balaban J connectivity index is 1.65. The third kappa shape index (κ3) is 2.96. The minimum absolute atomic E-state index is 0.126. The molecular formula is C16H28N2O. The molecule has 3 rings (SSSR count). The molecule has 0 aromatic heterocycles. The first-order valence-corrected chi connectivity index (χ1v) is 8.36. The molecule has 2 aliphatic carbocycles. The highest BCUT2D eigenvalue weighted by Crippen LogP contribution is 2.33. The average Bonchev–Trinajstić information content (AvgIpc) is 3.25. The van der Waals surface area contributed by atoms with Crippen LogP contribution < -0.4 is 5.32 Å². The Bertz CT molecular complexity index is 327. The average molecular weight is 264 g/mol. The summed E-state index contributed by atoms with van der Waals surface area (Å²) in [6, 6.07) is 1.30. The molecule has 19 heavy (non-hydrogen) atoms. The van der Waals surface area contributed by atoms with Crippen LogP contribution in [0.15, 0.2) is 0 Å². The summed E-state index contributed by atoms with van der Waals surface area (Å²) in [5, 5.41) is 3.55. The van der Waals surface area contributed by atoms with Crippen molar-refractivity contribution in [1.29, 1.82) is 0 Å². The van der Waals surface area contributed by atoms with Gasteiger partial charge in [-0.1, -0.05) is 26.2 Å². The van der Waals surface area contributed by atoms with Gasteiger partial charge in [0.05, 0.1) is 6.04 Å². The molecule has 0 aromatic carbocycles. The number of likely N-dealkylation sites (tertiary alicyclic amines) is 1. The van der Waals surface area contributed by atoms with Gasteiger partial charge in [-0.15, -0.1) is 0 Å². The Morgan fingerprint density at radius 3 is 2.63 bits per heavy atom. The molecule has 0 aromatic rings. The predicted octanol–water partition coefficient (Wildman–Crippen LogP) is 2.70. The molecule has 108 valence electrons. The first-order chi connectivity index (χ1) is 9.29. The fraction of sp³-hybridized carbons (Fsp3) is 0.938. The van der Waals surface area contributed by atoms with E-state index >= 15 is 0 Å². The van der Waals surface area contributed by atoms with Crippen molar-refractivity contribution in [3.8, 4) is 0 Å². The topological polar surface area (TPSA) is 32.3 Å². The lowest BCUT2D eigenvalue weighted by molar-refractivity contribution is -0.140. The summed E-state index contributed by atoms with van der Waals surface area (Å²) in [7, 11) is 0. The Hall–Kier alpha value is -0.570. The van der Waals surface area contributed by atoms with Crippen molar-refractivity contribution in [2.45, 2.75) is 82.8 Å². The molecule has 1 aliphatic heterocycles. The van der Waals surface area contributed by atoms with Crippen LogP contribution in [0.5, 0.6) is 0 Å². The number of carbonyl (C=O) groups excluding carboxylic acids is 1. The van der Waals surface area contributed by atoms with Crippen molar-refractivity contribution in [3.05, 3.63) is 0 Å². The molecule has 2 saturated carbocycles. The van der Waals surface area contributed by atoms with Crippen molar-refractivity contribution in [3.63, 3.8) is 0 Å². The maximum Gasteiger partial charge on any atom is 0.239 e. The van der Waals surface area contributed by atoms with Crippen LogP contribution in [-0.4, -0.2) is 35.5 Å². The fourth-order valence-corrected chi connectivity index (χ4v) is 3.99. The third-order valence-electron chi connectivity index (χ3n) is 5.28. The lowest BCUT2D eigenvalue weighted by atomic mass is 9.81. The summed E-state index contributed by atoms with van der Waals surface area (Å²) in [5.74, 6) is 1.15. The monoisotopic (exact) mass is 264 g/mol. The molecule has 3 fully saturated rings. The minimum atomic E-state index is 0.126. The second-order valence-electron chi connectivity index (χ2n) is 6.69. The second kappa shape index (κ2) is 5.82. The Kier molecular flexibility index (Phi) is 4.11. The normalized spacial score (nSPS) is 36.6. The van der Waals surface area contributed by atoms with E-state index in [-0.39, 0.29) is 6.04 Å². The minimum Gasteiger partial charge on any atom is -0.338 e. The largest absolute Gasteiger partial charge is 0.338 e. The van der Waals surface area contributed by atoms with Gasteiger partial charge in [0.1, 0.15) is 0 Å². The summed E-state index contributed by atoms with van der Waals surface area (Å²) in [4.78, 5) is 15.0. The molecule has 1 N–H and O–H groups in total. The smallest absolute Gasteiger partial charge is 0.239 e. The van der Waals surface area contributed by atoms with Crippen molar-refractivity contribution < 1.29 is 4.79 Å². The van der Waals surface area contributed by atoms with Crippen molar-refractivity contribution in [2.75, 3.05) is 6.54 Å². The standard InChI is InChI=1S/C16H28N2O/c1-2-12-6-3-4-8-15(12)18-11-5-7-14(16(18)19)17-13-9-10-13/h12-15,17H,2-11H2,1H3. The second-order valence-corrected chi connectivity index (χ2v) is 6.69. The summed E-state index contributed by atoms with van der Waals surface area (Å²) in [6.45, 7) is 3.29. The van der Waals surface area contributed by atoms with Crippen LogP contribution in [-0.2, 0) is 4.79 Å². The van der Waals surface area contributed by atoms with Gasteiger partial charge in [-0.3, -0.25) is 4.79 Å². The maximum atomic E-state index is 12.7. The van der Waals surface area contributed by atoms with E-state index in [1.807, 2.05) is 0 Å². The maximum absolute atomic E-state index is 12.7. The van der Waals surface area contributed by atoms with Crippen LogP contribution in [0.3, 0.4) is 0 Å². The van der Waals surface area contributed by atoms with Crippen LogP contribution in [0.25, 0.3) is 0 Å². The SMILES string of the molecule is CCC1CCCCC1N1CCCC(NC2CC2)C1=O. The Morgan fingerprint density at radius 2 is 1.89 bits per heavy atom. The molecule has 0 spiro atoms. The van der Waals surface area contributed by atoms with E-state index in [1.165, 1.54) is 51.4 Å². The van der Waals surface area contributed by atoms with Crippen LogP contribution in [0.4, 0.5) is 0 Å². The number of rotatable bonds is 4. The van der Waals surface area contributed by atoms with Gasteiger partial charge in [-0.2, -0.15) is 0 Å². The first kappa shape index (κ1) is 13.4. The van der Waals surface area contributed by atoms with E-state index in [4.69, 9.17) is 0 Å². The highest BCUT2D eigenvalue weighted by Gasteiger charge is 2.38. The molecule has 3 aliphatic rings. The molecule has 1 saturated heterocycles. The molecule has 1 amide bonds. The number of carbonyl (C=O) groups is 1. The molecule has 0 bridgehead atoms. The van der Waals surface area contributed by atoms with Crippen LogP contribution in [0.2, 0.25) is 0 Å². The van der Waals surface area contributed by atoms with Gasteiger partial charge in [0.15, 0.2) is 0 Å². The fourth-order valence-electron chi connectivity index (χ4n) is 3.99. The van der Waals surface area contributed by atoms with Crippen molar-refractivity contribution >= 4 is 5.91 Å². The zero-order chi connectivity index (χ0) is 13.2. The van der Waals surface area contributed by atoms with Gasteiger partial charge < -0.3 is 10.2 Å². The van der Waals surface area contributed by atoms with E-state index in [0.29, 0.717) is 18.0 Å². The van der Waals surface area contributed by atoms with Crippen LogP contribution in [0, 0.1) is 5.92 Å². The molecule has 3 unspecified atom stereocenters. The predicted molar refractivity (Wildman–Crippen MR) is 76.9 cm³/mol. The molecule has 3 heteroatoms. The van der Waals surface area contributed by atoms with Crippen LogP contribution in [0.1, 0.15) is 64.7 Å². The van der Waals surface area contributed by atoms with E-state index in [9.17, 15) is 4.79 Å². The van der Waals surface area contributed by atoms with Gasteiger partial charge in [0.2, 0.25) is 5.91 Å². The van der Waals surface area contributed by atoms with Gasteiger partial charge >= 0.3 is 0 Å². The number of nitrogens with one attached hydrogen (secondary N) is 1. The number of amides is 1. The highest BCUT2D eigenvalue weighted by atomic mass is 16.2. The molecular weight excluding hydrogens is 236 g/mol. The van der Waals surface area contributed by atoms with E-state index in [0.717, 1.165) is 18.9 Å². The summed E-state index contributed by atoms with van der Waals surface area (Å²) < 4.78 is 0. The Labute approximate surface area is 117 Å². The summed E-state index contributed by atoms with van der Waals surface area (Å²) in [6.07, 6.45) is 11.2. The number of nitrogens with zero attached hydrogens (tertiary/aromatic N) is 1. The first-order valence-electron chi connectivity index (χ1n) is 8.36. The molecule has 3 nitrogen and oxygen atoms in total. The summed E-state index contributed by atoms with van der Waals surface area (Å²) >= 11 is 0. The Morgan fingerprint density at radius 1 is 1.11 bits per heavy atom. The third-order valence-corrected chi connectivity index (χ3v) is 5.28. The lowest BCUT2D eigenvalue weighted by Gasteiger charge is -2.43. The van der Waals surface area contributed by atoms with Crippen LogP contribution >= 0.6 is 0 Å². The quantitative estimate of drug-likeness (QED) is 0.846. The van der Waals surface area contributed by atoms with Gasteiger partial charge in [-0.25, -0.2) is 0 Å². The number of hydrogen-bond donors (Lipinski definition) is 1. The zero-order valence-electron chi connectivity index (χ0n) is 12.2. The highest BCUT2D eigenvalue weighted by molar-refractivity contribution is 5.83. The number of piperidine rings is 1. The molecule has 1 heterocycles. The van der Waals surface area contributed by atoms with Gasteiger partial charge in [0.25, 0.3) is 0 Å². The molecule has 3 atom stereocenters. The van der Waals surface area contributed by atoms with E-state index < -0.39 is 0 Å². The van der Waals surface area contributed by atoms with Gasteiger partial charge in [-0.05, 0) is 44.4 Å². The van der Waals surface area contributed by atoms with Gasteiger partial charge in [0, 0.05) is 18.6 Å². The lowest BCUT2D eigenvalue weighted by Crippen LogP contribution is -2.56.